The molecule has 14 heavy (non-hydrogen) atoms. The van der Waals surface area contributed by atoms with Crippen molar-refractivity contribution in [2.75, 3.05) is 19.6 Å². The molecule has 0 aromatic carbocycles. The van der Waals surface area contributed by atoms with E-state index >= 15 is 0 Å². The Hall–Kier alpha value is -0.0800. The third-order valence-corrected chi connectivity index (χ3v) is 4.94. The van der Waals surface area contributed by atoms with Gasteiger partial charge in [0.2, 0.25) is 0 Å². The fraction of sp³-hybridized carbons (Fsp3) is 1.00. The number of hydrogen-bond acceptors (Lipinski definition) is 2. The highest BCUT2D eigenvalue weighted by molar-refractivity contribution is 5.08. The molecule has 4 rings (SSSR count). The minimum atomic E-state index is -0.340. The minimum Gasteiger partial charge on any atom is -0.389 e. The van der Waals surface area contributed by atoms with E-state index in [0.29, 0.717) is 17.8 Å². The molecule has 2 heteroatoms. The third kappa shape index (κ3) is 0.989. The van der Waals surface area contributed by atoms with Crippen molar-refractivity contribution in [3.8, 4) is 0 Å². The zero-order valence-corrected chi connectivity index (χ0v) is 9.24. The molecule has 2 atom stereocenters. The van der Waals surface area contributed by atoms with Crippen LogP contribution in [0.3, 0.4) is 0 Å². The van der Waals surface area contributed by atoms with E-state index in [2.05, 4.69) is 18.7 Å². The van der Waals surface area contributed by atoms with E-state index in [4.69, 9.17) is 0 Å². The van der Waals surface area contributed by atoms with Gasteiger partial charge in [0.15, 0.2) is 0 Å². The fourth-order valence-electron chi connectivity index (χ4n) is 4.36. The summed E-state index contributed by atoms with van der Waals surface area (Å²) in [5.41, 5.74) is -0.340. The number of rotatable bonds is 1. The first-order chi connectivity index (χ1) is 6.60. The molecule has 80 valence electrons. The Morgan fingerprint density at radius 3 is 2.14 bits per heavy atom. The van der Waals surface area contributed by atoms with Gasteiger partial charge in [-0.3, -0.25) is 0 Å². The highest BCUT2D eigenvalue weighted by Gasteiger charge is 2.57. The van der Waals surface area contributed by atoms with Crippen LogP contribution in [0.25, 0.3) is 0 Å². The van der Waals surface area contributed by atoms with Crippen molar-refractivity contribution in [1.29, 1.82) is 0 Å². The lowest BCUT2D eigenvalue weighted by Gasteiger charge is -2.61. The second-order valence-electron chi connectivity index (χ2n) is 5.99. The summed E-state index contributed by atoms with van der Waals surface area (Å²) in [5, 5.41) is 10.8. The Bertz CT molecular complexity index is 221. The quantitative estimate of drug-likeness (QED) is 0.682. The lowest BCUT2D eigenvalue weighted by molar-refractivity contribution is -0.204. The molecule has 4 aliphatic rings. The van der Waals surface area contributed by atoms with Gasteiger partial charge in [0.05, 0.1) is 5.60 Å². The van der Waals surface area contributed by atoms with Gasteiger partial charge in [0.1, 0.15) is 0 Å². The molecule has 0 spiro atoms. The predicted molar refractivity (Wildman–Crippen MR) is 55.9 cm³/mol. The van der Waals surface area contributed by atoms with Crippen molar-refractivity contribution >= 4 is 0 Å². The molecule has 1 N–H and O–H groups in total. The summed E-state index contributed by atoms with van der Waals surface area (Å²) in [5.74, 6) is 2.45. The van der Waals surface area contributed by atoms with Gasteiger partial charge < -0.3 is 10.0 Å². The van der Waals surface area contributed by atoms with Crippen molar-refractivity contribution in [1.82, 2.24) is 4.90 Å². The van der Waals surface area contributed by atoms with Crippen molar-refractivity contribution in [2.45, 2.75) is 32.3 Å². The van der Waals surface area contributed by atoms with Crippen molar-refractivity contribution in [3.63, 3.8) is 0 Å². The maximum absolute atomic E-state index is 10.8. The molecule has 0 amide bonds. The smallest absolute Gasteiger partial charge is 0.0751 e. The molecule has 3 saturated heterocycles. The summed E-state index contributed by atoms with van der Waals surface area (Å²) in [6.07, 6.45) is 2.56. The average molecular weight is 195 g/mol. The molecular weight excluding hydrogens is 174 g/mol. The summed E-state index contributed by atoms with van der Waals surface area (Å²) < 4.78 is 0. The third-order valence-electron chi connectivity index (χ3n) is 4.94. The van der Waals surface area contributed by atoms with Crippen molar-refractivity contribution in [3.05, 3.63) is 0 Å². The van der Waals surface area contributed by atoms with E-state index in [-0.39, 0.29) is 5.60 Å². The van der Waals surface area contributed by atoms with Gasteiger partial charge in [-0.15, -0.1) is 0 Å². The molecule has 1 aliphatic carbocycles. The molecule has 2 unspecified atom stereocenters. The van der Waals surface area contributed by atoms with E-state index in [1.54, 1.807) is 0 Å². The number of piperidine rings is 3. The Morgan fingerprint density at radius 2 is 1.71 bits per heavy atom. The molecule has 0 aromatic rings. The molecular formula is C12H21NO. The van der Waals surface area contributed by atoms with Crippen LogP contribution in [-0.4, -0.2) is 35.2 Å². The highest BCUT2D eigenvalue weighted by atomic mass is 16.3. The normalized spacial score (nSPS) is 55.7. The zero-order valence-electron chi connectivity index (χ0n) is 9.24. The monoisotopic (exact) mass is 195 g/mol. The Morgan fingerprint density at radius 1 is 1.14 bits per heavy atom. The lowest BCUT2D eigenvalue weighted by Crippen LogP contribution is -2.68. The highest BCUT2D eigenvalue weighted by Crippen LogP contribution is 2.52. The fourth-order valence-corrected chi connectivity index (χ4v) is 4.36. The van der Waals surface area contributed by atoms with Crippen molar-refractivity contribution in [2.24, 2.45) is 23.7 Å². The number of hydrogen-bond donors (Lipinski definition) is 1. The minimum absolute atomic E-state index is 0.340. The van der Waals surface area contributed by atoms with E-state index < -0.39 is 0 Å². The van der Waals surface area contributed by atoms with Gasteiger partial charge in [-0.05, 0) is 24.7 Å². The standard InChI is InChI=1S/C12H21NO/c1-8(2)12(14)10-3-9-4-11(12)7-13(5-9)6-10/h8-11,14H,3-7H2,1-2H3. The molecule has 4 fully saturated rings. The maximum atomic E-state index is 10.8. The first-order valence-electron chi connectivity index (χ1n) is 6.05. The zero-order chi connectivity index (χ0) is 9.92. The van der Waals surface area contributed by atoms with Crippen LogP contribution in [0.5, 0.6) is 0 Å². The van der Waals surface area contributed by atoms with Gasteiger partial charge in [0.25, 0.3) is 0 Å². The van der Waals surface area contributed by atoms with Gasteiger partial charge >= 0.3 is 0 Å². The van der Waals surface area contributed by atoms with Crippen LogP contribution in [0.1, 0.15) is 26.7 Å². The van der Waals surface area contributed by atoms with Gasteiger partial charge in [-0.1, -0.05) is 13.8 Å². The summed E-state index contributed by atoms with van der Waals surface area (Å²) in [7, 11) is 0. The maximum Gasteiger partial charge on any atom is 0.0751 e. The summed E-state index contributed by atoms with van der Waals surface area (Å²) in [4.78, 5) is 2.57. The summed E-state index contributed by atoms with van der Waals surface area (Å²) >= 11 is 0. The van der Waals surface area contributed by atoms with Crippen LogP contribution in [0.4, 0.5) is 0 Å². The first-order valence-corrected chi connectivity index (χ1v) is 6.05. The Kier molecular flexibility index (Phi) is 1.79. The summed E-state index contributed by atoms with van der Waals surface area (Å²) in [6, 6.07) is 0. The molecule has 3 aliphatic heterocycles. The molecule has 3 heterocycles. The SMILES string of the molecule is CC(C)C1(O)C2CC3CC1CN(C3)C2. The predicted octanol–water partition coefficient (Wildman–Crippen LogP) is 1.35. The van der Waals surface area contributed by atoms with Crippen LogP contribution < -0.4 is 0 Å². The Labute approximate surface area is 86.3 Å². The summed E-state index contributed by atoms with van der Waals surface area (Å²) in [6.45, 7) is 8.00. The lowest BCUT2D eigenvalue weighted by atomic mass is 9.56. The molecule has 4 bridgehead atoms. The van der Waals surface area contributed by atoms with Crippen LogP contribution in [0, 0.1) is 23.7 Å². The van der Waals surface area contributed by atoms with Gasteiger partial charge in [-0.2, -0.15) is 0 Å². The van der Waals surface area contributed by atoms with Crippen LogP contribution in [0.2, 0.25) is 0 Å². The van der Waals surface area contributed by atoms with E-state index in [0.717, 1.165) is 19.0 Å². The van der Waals surface area contributed by atoms with Gasteiger partial charge in [0, 0.05) is 31.5 Å². The van der Waals surface area contributed by atoms with Gasteiger partial charge in [-0.25, -0.2) is 0 Å². The molecule has 2 nitrogen and oxygen atoms in total. The second kappa shape index (κ2) is 2.73. The van der Waals surface area contributed by atoms with E-state index in [9.17, 15) is 5.11 Å². The van der Waals surface area contributed by atoms with Crippen LogP contribution >= 0.6 is 0 Å². The number of nitrogens with zero attached hydrogens (tertiary/aromatic N) is 1. The van der Waals surface area contributed by atoms with E-state index in [1.807, 2.05) is 0 Å². The first kappa shape index (κ1) is 9.17. The topological polar surface area (TPSA) is 23.5 Å². The van der Waals surface area contributed by atoms with E-state index in [1.165, 1.54) is 19.4 Å². The molecule has 1 saturated carbocycles. The largest absolute Gasteiger partial charge is 0.389 e. The van der Waals surface area contributed by atoms with Crippen LogP contribution in [-0.2, 0) is 0 Å². The number of aliphatic hydroxyl groups is 1. The van der Waals surface area contributed by atoms with Crippen molar-refractivity contribution < 1.29 is 5.11 Å². The second-order valence-corrected chi connectivity index (χ2v) is 5.99. The molecule has 0 aromatic heterocycles. The Balaban J connectivity index is 1.94. The molecule has 0 radical (unpaired) electrons. The van der Waals surface area contributed by atoms with Crippen LogP contribution in [0.15, 0.2) is 0 Å². The average Bonchev–Trinajstić information content (AvgIpc) is 2.12.